The molecular formula is C15H18N2O. The van der Waals surface area contributed by atoms with Crippen LogP contribution >= 0.6 is 0 Å². The first-order valence-corrected chi connectivity index (χ1v) is 6.30. The number of hydrogen-bond acceptors (Lipinski definition) is 2. The van der Waals surface area contributed by atoms with Crippen LogP contribution in [0.1, 0.15) is 36.9 Å². The summed E-state index contributed by atoms with van der Waals surface area (Å²) in [6.07, 6.45) is 2.07. The number of carbonyl (C=O) groups is 1. The van der Waals surface area contributed by atoms with Gasteiger partial charge >= 0.3 is 0 Å². The van der Waals surface area contributed by atoms with E-state index in [1.165, 1.54) is 0 Å². The zero-order valence-corrected chi connectivity index (χ0v) is 10.6. The third-order valence-electron chi connectivity index (χ3n) is 3.05. The maximum atomic E-state index is 11.6. The standard InChI is InChI=1S/C15H18N2O/c1-11(17-15(18)14-8-9-14)13-6-4-12(5-7-13)3-2-10-16/h4-7,11,14H,8-10,16H2,1H3,(H,17,18). The van der Waals surface area contributed by atoms with Gasteiger partial charge < -0.3 is 11.1 Å². The predicted molar refractivity (Wildman–Crippen MR) is 71.7 cm³/mol. The molecule has 0 aromatic heterocycles. The van der Waals surface area contributed by atoms with Crippen LogP contribution in [-0.4, -0.2) is 12.5 Å². The molecule has 18 heavy (non-hydrogen) atoms. The third-order valence-corrected chi connectivity index (χ3v) is 3.05. The topological polar surface area (TPSA) is 55.1 Å². The highest BCUT2D eigenvalue weighted by atomic mass is 16.2. The van der Waals surface area contributed by atoms with Gasteiger partial charge in [-0.05, 0) is 37.5 Å². The summed E-state index contributed by atoms with van der Waals surface area (Å²) in [5.41, 5.74) is 7.37. The first-order valence-electron chi connectivity index (χ1n) is 6.30. The zero-order chi connectivity index (χ0) is 13.0. The van der Waals surface area contributed by atoms with Crippen LogP contribution in [0.3, 0.4) is 0 Å². The van der Waals surface area contributed by atoms with E-state index in [0.717, 1.165) is 24.0 Å². The van der Waals surface area contributed by atoms with E-state index >= 15 is 0 Å². The van der Waals surface area contributed by atoms with Crippen molar-refractivity contribution in [2.24, 2.45) is 11.7 Å². The molecule has 2 rings (SSSR count). The Morgan fingerprint density at radius 3 is 2.67 bits per heavy atom. The molecule has 3 N–H and O–H groups in total. The summed E-state index contributed by atoms with van der Waals surface area (Å²) in [5.74, 6) is 6.22. The number of carbonyl (C=O) groups excluding carboxylic acids is 1. The molecule has 0 spiro atoms. The summed E-state index contributed by atoms with van der Waals surface area (Å²) in [6.45, 7) is 2.37. The summed E-state index contributed by atoms with van der Waals surface area (Å²) in [6, 6.07) is 7.96. The second-order valence-corrected chi connectivity index (χ2v) is 4.63. The van der Waals surface area contributed by atoms with E-state index in [1.54, 1.807) is 0 Å². The number of nitrogens with one attached hydrogen (secondary N) is 1. The molecule has 0 aliphatic heterocycles. The SMILES string of the molecule is CC(NC(=O)C1CC1)c1ccc(C#CCN)cc1. The summed E-state index contributed by atoms with van der Waals surface area (Å²) >= 11 is 0. The van der Waals surface area contributed by atoms with Gasteiger partial charge in [-0.1, -0.05) is 24.0 Å². The molecule has 1 fully saturated rings. The first-order chi connectivity index (χ1) is 8.70. The number of rotatable bonds is 3. The van der Waals surface area contributed by atoms with Crippen molar-refractivity contribution in [3.05, 3.63) is 35.4 Å². The Kier molecular flexibility index (Phi) is 4.01. The lowest BCUT2D eigenvalue weighted by atomic mass is 10.1. The number of nitrogens with two attached hydrogens (primary N) is 1. The molecular weight excluding hydrogens is 224 g/mol. The van der Waals surface area contributed by atoms with E-state index in [9.17, 15) is 4.79 Å². The van der Waals surface area contributed by atoms with Gasteiger partial charge in [0.1, 0.15) is 0 Å². The van der Waals surface area contributed by atoms with E-state index in [-0.39, 0.29) is 17.9 Å². The van der Waals surface area contributed by atoms with Gasteiger partial charge in [-0.3, -0.25) is 4.79 Å². The minimum atomic E-state index is 0.0506. The van der Waals surface area contributed by atoms with Crippen molar-refractivity contribution in [2.45, 2.75) is 25.8 Å². The number of amides is 1. The van der Waals surface area contributed by atoms with E-state index < -0.39 is 0 Å². The van der Waals surface area contributed by atoms with Crippen molar-refractivity contribution in [1.29, 1.82) is 0 Å². The fourth-order valence-electron chi connectivity index (χ4n) is 1.77. The Bertz CT molecular complexity index is 477. The lowest BCUT2D eigenvalue weighted by Crippen LogP contribution is -2.27. The summed E-state index contributed by atoms with van der Waals surface area (Å²) in [4.78, 5) is 11.6. The maximum absolute atomic E-state index is 11.6. The highest BCUT2D eigenvalue weighted by Gasteiger charge is 2.30. The molecule has 1 aromatic rings. The average molecular weight is 242 g/mol. The van der Waals surface area contributed by atoms with Crippen LogP contribution in [0, 0.1) is 17.8 Å². The van der Waals surface area contributed by atoms with Gasteiger partial charge in [-0.15, -0.1) is 0 Å². The van der Waals surface area contributed by atoms with Crippen LogP contribution in [0.15, 0.2) is 24.3 Å². The van der Waals surface area contributed by atoms with Gasteiger partial charge in [0, 0.05) is 11.5 Å². The van der Waals surface area contributed by atoms with E-state index in [4.69, 9.17) is 5.73 Å². The lowest BCUT2D eigenvalue weighted by molar-refractivity contribution is -0.122. The van der Waals surface area contributed by atoms with Crippen molar-refractivity contribution in [3.8, 4) is 11.8 Å². The van der Waals surface area contributed by atoms with Crippen LogP contribution in [-0.2, 0) is 4.79 Å². The second kappa shape index (κ2) is 5.70. The number of hydrogen-bond donors (Lipinski definition) is 2. The van der Waals surface area contributed by atoms with Crippen LogP contribution in [0.2, 0.25) is 0 Å². The molecule has 1 aliphatic rings. The van der Waals surface area contributed by atoms with Gasteiger partial charge in [-0.25, -0.2) is 0 Å². The molecule has 1 atom stereocenters. The van der Waals surface area contributed by atoms with E-state index in [1.807, 2.05) is 31.2 Å². The maximum Gasteiger partial charge on any atom is 0.223 e. The van der Waals surface area contributed by atoms with Crippen LogP contribution in [0.4, 0.5) is 0 Å². The minimum absolute atomic E-state index is 0.0506. The smallest absolute Gasteiger partial charge is 0.223 e. The lowest BCUT2D eigenvalue weighted by Gasteiger charge is -2.14. The second-order valence-electron chi connectivity index (χ2n) is 4.63. The quantitative estimate of drug-likeness (QED) is 0.791. The Labute approximate surface area is 108 Å². The molecule has 94 valence electrons. The molecule has 0 bridgehead atoms. The molecule has 3 heteroatoms. The largest absolute Gasteiger partial charge is 0.349 e. The van der Waals surface area contributed by atoms with Crippen molar-refractivity contribution in [3.63, 3.8) is 0 Å². The molecule has 1 aliphatic carbocycles. The summed E-state index contributed by atoms with van der Waals surface area (Å²) in [5, 5.41) is 3.03. The Morgan fingerprint density at radius 2 is 2.11 bits per heavy atom. The summed E-state index contributed by atoms with van der Waals surface area (Å²) in [7, 11) is 0. The molecule has 3 nitrogen and oxygen atoms in total. The minimum Gasteiger partial charge on any atom is -0.349 e. The summed E-state index contributed by atoms with van der Waals surface area (Å²) < 4.78 is 0. The molecule has 0 heterocycles. The van der Waals surface area contributed by atoms with Crippen LogP contribution in [0.5, 0.6) is 0 Å². The van der Waals surface area contributed by atoms with Gasteiger partial charge in [-0.2, -0.15) is 0 Å². The van der Waals surface area contributed by atoms with Gasteiger partial charge in [0.15, 0.2) is 0 Å². The fourth-order valence-corrected chi connectivity index (χ4v) is 1.77. The zero-order valence-electron chi connectivity index (χ0n) is 10.6. The van der Waals surface area contributed by atoms with Gasteiger partial charge in [0.05, 0.1) is 12.6 Å². The normalized spacial score (nSPS) is 15.4. The Balaban J connectivity index is 1.97. The fraction of sp³-hybridized carbons (Fsp3) is 0.400. The Morgan fingerprint density at radius 1 is 1.44 bits per heavy atom. The van der Waals surface area contributed by atoms with Crippen molar-refractivity contribution in [1.82, 2.24) is 5.32 Å². The predicted octanol–water partition coefficient (Wildman–Crippen LogP) is 1.58. The van der Waals surface area contributed by atoms with Crippen molar-refractivity contribution >= 4 is 5.91 Å². The molecule has 1 unspecified atom stereocenters. The monoisotopic (exact) mass is 242 g/mol. The highest BCUT2D eigenvalue weighted by Crippen LogP contribution is 2.29. The molecule has 1 saturated carbocycles. The number of benzene rings is 1. The van der Waals surface area contributed by atoms with Crippen molar-refractivity contribution in [2.75, 3.05) is 6.54 Å². The third kappa shape index (κ3) is 3.35. The average Bonchev–Trinajstić information content (AvgIpc) is 3.21. The van der Waals surface area contributed by atoms with E-state index in [0.29, 0.717) is 6.54 Å². The van der Waals surface area contributed by atoms with Crippen LogP contribution < -0.4 is 11.1 Å². The van der Waals surface area contributed by atoms with E-state index in [2.05, 4.69) is 17.2 Å². The molecule has 0 radical (unpaired) electrons. The first kappa shape index (κ1) is 12.7. The molecule has 1 amide bonds. The van der Waals surface area contributed by atoms with Crippen molar-refractivity contribution < 1.29 is 4.79 Å². The highest BCUT2D eigenvalue weighted by molar-refractivity contribution is 5.81. The van der Waals surface area contributed by atoms with Crippen LogP contribution in [0.25, 0.3) is 0 Å². The molecule has 0 saturated heterocycles. The molecule has 1 aromatic carbocycles. The van der Waals surface area contributed by atoms with Gasteiger partial charge in [0.25, 0.3) is 0 Å². The van der Waals surface area contributed by atoms with Gasteiger partial charge in [0.2, 0.25) is 5.91 Å². The Hall–Kier alpha value is -1.79.